The molecule has 3 rings (SSSR count). The fourth-order valence-electron chi connectivity index (χ4n) is 3.44. The van der Waals surface area contributed by atoms with Crippen molar-refractivity contribution in [1.82, 2.24) is 4.41 Å². The van der Waals surface area contributed by atoms with Gasteiger partial charge < -0.3 is 0 Å². The fraction of sp³-hybridized carbons (Fsp3) is 0.350. The average Bonchev–Trinajstić information content (AvgIpc) is 3.07. The summed E-state index contributed by atoms with van der Waals surface area (Å²) in [6.07, 6.45) is 1.99. The van der Waals surface area contributed by atoms with Gasteiger partial charge in [0.05, 0.1) is 23.8 Å². The SMILES string of the molecule is CCCS(=O)(=O)N1N=C(c2cccc(NS(C)(=O)=O)c2)C[C@H]1c1ccccc1C. The maximum absolute atomic E-state index is 12.9. The van der Waals surface area contributed by atoms with Gasteiger partial charge in [-0.05, 0) is 42.2 Å². The molecular formula is C20H25N3O4S2. The van der Waals surface area contributed by atoms with Gasteiger partial charge in [0.25, 0.3) is 0 Å². The summed E-state index contributed by atoms with van der Waals surface area (Å²) in [5.74, 6) is 0.0157. The Morgan fingerprint density at radius 1 is 1.10 bits per heavy atom. The van der Waals surface area contributed by atoms with Crippen LogP contribution in [0, 0.1) is 6.92 Å². The molecular weight excluding hydrogens is 410 g/mol. The van der Waals surface area contributed by atoms with Crippen molar-refractivity contribution in [2.45, 2.75) is 32.7 Å². The minimum absolute atomic E-state index is 0.0157. The minimum atomic E-state index is -3.57. The normalized spacial score (nSPS) is 17.3. The second-order valence-electron chi connectivity index (χ2n) is 7.17. The quantitative estimate of drug-likeness (QED) is 0.722. The van der Waals surface area contributed by atoms with Crippen LogP contribution in [0.1, 0.15) is 42.5 Å². The Morgan fingerprint density at radius 2 is 1.83 bits per heavy atom. The molecule has 0 aliphatic carbocycles. The summed E-state index contributed by atoms with van der Waals surface area (Å²) in [6.45, 7) is 3.77. The van der Waals surface area contributed by atoms with Gasteiger partial charge in [-0.3, -0.25) is 4.72 Å². The summed E-state index contributed by atoms with van der Waals surface area (Å²) >= 11 is 0. The Hall–Kier alpha value is -2.39. The second-order valence-corrected chi connectivity index (χ2v) is 10.9. The first-order valence-electron chi connectivity index (χ1n) is 9.34. The highest BCUT2D eigenvalue weighted by Gasteiger charge is 2.36. The summed E-state index contributed by atoms with van der Waals surface area (Å²) in [5, 5.41) is 4.47. The van der Waals surface area contributed by atoms with Gasteiger partial charge in [0.1, 0.15) is 0 Å². The highest BCUT2D eigenvalue weighted by molar-refractivity contribution is 7.92. The Bertz CT molecular complexity index is 1140. The molecule has 0 saturated carbocycles. The van der Waals surface area contributed by atoms with Crippen LogP contribution in [0.2, 0.25) is 0 Å². The largest absolute Gasteiger partial charge is 0.284 e. The molecule has 1 atom stereocenters. The smallest absolute Gasteiger partial charge is 0.250 e. The van der Waals surface area contributed by atoms with Crippen molar-refractivity contribution < 1.29 is 16.8 Å². The van der Waals surface area contributed by atoms with Crippen LogP contribution in [-0.4, -0.2) is 39.0 Å². The number of hydrogen-bond donors (Lipinski definition) is 1. The van der Waals surface area contributed by atoms with Crippen LogP contribution in [0.3, 0.4) is 0 Å². The molecule has 1 aliphatic heterocycles. The van der Waals surface area contributed by atoms with Crippen LogP contribution in [0.25, 0.3) is 0 Å². The highest BCUT2D eigenvalue weighted by atomic mass is 32.2. The first kappa shape index (κ1) is 21.3. The molecule has 0 radical (unpaired) electrons. The summed E-state index contributed by atoms with van der Waals surface area (Å²) in [6, 6.07) is 14.1. The number of rotatable bonds is 7. The maximum Gasteiger partial charge on any atom is 0.250 e. The minimum Gasteiger partial charge on any atom is -0.284 e. The van der Waals surface area contributed by atoms with Gasteiger partial charge in [0.15, 0.2) is 0 Å². The number of aryl methyl sites for hydroxylation is 1. The predicted octanol–water partition coefficient (Wildman–Crippen LogP) is 3.26. The van der Waals surface area contributed by atoms with Gasteiger partial charge in [-0.25, -0.2) is 16.8 Å². The summed E-state index contributed by atoms with van der Waals surface area (Å²) in [5.41, 5.74) is 3.62. The van der Waals surface area contributed by atoms with Gasteiger partial charge in [-0.2, -0.15) is 9.52 Å². The van der Waals surface area contributed by atoms with Crippen molar-refractivity contribution in [2.75, 3.05) is 16.7 Å². The Kier molecular flexibility index (Phi) is 6.00. The number of hydrogen-bond acceptors (Lipinski definition) is 5. The Morgan fingerprint density at radius 3 is 2.48 bits per heavy atom. The van der Waals surface area contributed by atoms with Crippen LogP contribution in [0.15, 0.2) is 53.6 Å². The van der Waals surface area contributed by atoms with Crippen LogP contribution >= 0.6 is 0 Å². The second kappa shape index (κ2) is 8.16. The zero-order chi connectivity index (χ0) is 21.2. The van der Waals surface area contributed by atoms with E-state index in [1.807, 2.05) is 38.1 Å². The van der Waals surface area contributed by atoms with E-state index in [1.54, 1.807) is 24.3 Å². The van der Waals surface area contributed by atoms with E-state index in [4.69, 9.17) is 0 Å². The third-order valence-corrected chi connectivity index (χ3v) is 7.10. The van der Waals surface area contributed by atoms with Crippen molar-refractivity contribution in [3.8, 4) is 0 Å². The monoisotopic (exact) mass is 435 g/mol. The molecule has 0 aromatic heterocycles. The molecule has 0 unspecified atom stereocenters. The molecule has 0 saturated heterocycles. The third-order valence-electron chi connectivity index (χ3n) is 4.67. The van der Waals surface area contributed by atoms with E-state index in [0.29, 0.717) is 29.8 Å². The molecule has 7 nitrogen and oxygen atoms in total. The number of benzene rings is 2. The van der Waals surface area contributed by atoms with Crippen molar-refractivity contribution in [2.24, 2.45) is 5.10 Å². The summed E-state index contributed by atoms with van der Waals surface area (Å²) in [4.78, 5) is 0. The van der Waals surface area contributed by atoms with Gasteiger partial charge in [0, 0.05) is 12.1 Å². The van der Waals surface area contributed by atoms with Crippen molar-refractivity contribution in [1.29, 1.82) is 0 Å². The van der Waals surface area contributed by atoms with Gasteiger partial charge >= 0.3 is 0 Å². The number of sulfonamides is 2. The molecule has 1 aliphatic rings. The highest BCUT2D eigenvalue weighted by Crippen LogP contribution is 2.36. The molecule has 1 heterocycles. The summed E-state index contributed by atoms with van der Waals surface area (Å²) in [7, 11) is -6.98. The Labute approximate surface area is 172 Å². The summed E-state index contributed by atoms with van der Waals surface area (Å²) < 4.78 is 52.5. The van der Waals surface area contributed by atoms with E-state index < -0.39 is 26.1 Å². The molecule has 1 N–H and O–H groups in total. The molecule has 0 spiro atoms. The number of nitrogens with one attached hydrogen (secondary N) is 1. The van der Waals surface area contributed by atoms with Crippen molar-refractivity contribution in [3.63, 3.8) is 0 Å². The first-order valence-corrected chi connectivity index (χ1v) is 12.8. The fourth-order valence-corrected chi connectivity index (χ4v) is 5.50. The van der Waals surface area contributed by atoms with E-state index >= 15 is 0 Å². The third kappa shape index (κ3) is 4.97. The lowest BCUT2D eigenvalue weighted by Gasteiger charge is -2.24. The maximum atomic E-state index is 12.9. The number of nitrogens with zero attached hydrogens (tertiary/aromatic N) is 2. The van der Waals surface area contributed by atoms with E-state index in [-0.39, 0.29) is 5.75 Å². The standard InChI is InChI=1S/C20H25N3O4S2/c1-4-12-29(26,27)23-20(18-11-6-5-8-15(18)2)14-19(21-23)16-9-7-10-17(13-16)22-28(3,24)25/h5-11,13,20,22H,4,12,14H2,1-3H3/t20-/m0/s1. The molecule has 2 aromatic rings. The van der Waals surface area contributed by atoms with E-state index in [9.17, 15) is 16.8 Å². The van der Waals surface area contributed by atoms with Gasteiger partial charge in [-0.15, -0.1) is 0 Å². The van der Waals surface area contributed by atoms with Crippen molar-refractivity contribution >= 4 is 31.4 Å². The lowest BCUT2D eigenvalue weighted by atomic mass is 9.96. The van der Waals surface area contributed by atoms with E-state index in [2.05, 4.69) is 9.82 Å². The van der Waals surface area contributed by atoms with Crippen LogP contribution < -0.4 is 4.72 Å². The Balaban J connectivity index is 2.03. The lowest BCUT2D eigenvalue weighted by molar-refractivity contribution is 0.370. The number of anilines is 1. The lowest BCUT2D eigenvalue weighted by Crippen LogP contribution is -2.29. The molecule has 9 heteroatoms. The average molecular weight is 436 g/mol. The molecule has 0 fully saturated rings. The van der Waals surface area contributed by atoms with Crippen molar-refractivity contribution in [3.05, 3.63) is 65.2 Å². The van der Waals surface area contributed by atoms with Gasteiger partial charge in [-0.1, -0.05) is 43.3 Å². The first-order chi connectivity index (χ1) is 13.6. The zero-order valence-corrected chi connectivity index (χ0v) is 18.3. The topological polar surface area (TPSA) is 95.9 Å². The van der Waals surface area contributed by atoms with E-state index in [1.165, 1.54) is 4.41 Å². The molecule has 156 valence electrons. The number of hydrazone groups is 1. The molecule has 29 heavy (non-hydrogen) atoms. The van der Waals surface area contributed by atoms with Gasteiger partial charge in [0.2, 0.25) is 20.0 Å². The van der Waals surface area contributed by atoms with Crippen LogP contribution in [0.4, 0.5) is 5.69 Å². The molecule has 0 bridgehead atoms. The molecule has 2 aromatic carbocycles. The van der Waals surface area contributed by atoms with E-state index in [0.717, 1.165) is 17.4 Å². The predicted molar refractivity (Wildman–Crippen MR) is 116 cm³/mol. The van der Waals surface area contributed by atoms with Crippen LogP contribution in [-0.2, 0) is 20.0 Å². The van der Waals surface area contributed by atoms with Crippen LogP contribution in [0.5, 0.6) is 0 Å². The zero-order valence-electron chi connectivity index (χ0n) is 16.7. The molecule has 0 amide bonds.